The van der Waals surface area contributed by atoms with Crippen LogP contribution in [0.4, 0.5) is 0 Å². The number of methoxy groups -OCH3 is 1. The lowest BCUT2D eigenvalue weighted by Gasteiger charge is -2.08. The second-order valence-corrected chi connectivity index (χ2v) is 5.37. The zero-order valence-electron chi connectivity index (χ0n) is 13.3. The van der Waals surface area contributed by atoms with E-state index in [1.54, 1.807) is 14.0 Å². The topological polar surface area (TPSA) is 49.8 Å². The summed E-state index contributed by atoms with van der Waals surface area (Å²) < 4.78 is 5.14. The van der Waals surface area contributed by atoms with E-state index in [9.17, 15) is 4.79 Å². The lowest BCUT2D eigenvalue weighted by molar-refractivity contribution is -0.138. The van der Waals surface area contributed by atoms with E-state index in [0.29, 0.717) is 0 Å². The van der Waals surface area contributed by atoms with Crippen molar-refractivity contribution < 1.29 is 14.6 Å². The molecule has 1 N–H and O–H groups in total. The van der Waals surface area contributed by atoms with Crippen LogP contribution in [0.25, 0.3) is 10.8 Å². The molecule has 2 aromatic rings. The lowest BCUT2D eigenvalue weighted by Crippen LogP contribution is -2.06. The predicted octanol–water partition coefficient (Wildman–Crippen LogP) is 3.21. The molecular weight excluding hydrogens is 266 g/mol. The first-order valence-electron chi connectivity index (χ1n) is 6.76. The van der Waals surface area contributed by atoms with Gasteiger partial charge in [0.25, 0.3) is 0 Å². The fourth-order valence-corrected chi connectivity index (χ4v) is 1.78. The van der Waals surface area contributed by atoms with E-state index < -0.39 is 11.9 Å². The van der Waals surface area contributed by atoms with Gasteiger partial charge in [-0.3, -0.25) is 4.79 Å². The van der Waals surface area contributed by atoms with Crippen LogP contribution in [0.5, 0.6) is 5.75 Å². The van der Waals surface area contributed by atoms with Gasteiger partial charge in [0, 0.05) is 0 Å². The summed E-state index contributed by atoms with van der Waals surface area (Å²) in [5, 5.41) is 11.0. The summed E-state index contributed by atoms with van der Waals surface area (Å²) in [5.74, 6) is -0.490. The first-order valence-corrected chi connectivity index (χ1v) is 6.76. The maximum atomic E-state index is 10.9. The quantitative estimate of drug-likeness (QED) is 0.942. The van der Waals surface area contributed by atoms with E-state index in [0.717, 1.165) is 22.1 Å². The van der Waals surface area contributed by atoms with E-state index >= 15 is 0 Å². The molecule has 4 heteroatoms. The number of carbonyl (C=O) groups is 1. The van der Waals surface area contributed by atoms with Gasteiger partial charge in [-0.15, -0.1) is 0 Å². The van der Waals surface area contributed by atoms with Crippen LogP contribution in [0.2, 0.25) is 0 Å². The second kappa shape index (κ2) is 7.64. The molecule has 1 atom stereocenters. The standard InChI is InChI=1S/C14H14O3.C3H9N/c1-9(14(15)16)10-3-4-12-8-13(17-2)6-5-11(12)7-10;1-4(2)3/h3-9H,1-2H3,(H,15,16);1-3H3. The number of ether oxygens (including phenoxy) is 1. The number of hydrogen-bond donors (Lipinski definition) is 1. The average molecular weight is 289 g/mol. The molecule has 0 saturated heterocycles. The number of nitrogens with zero attached hydrogens (tertiary/aromatic N) is 1. The number of rotatable bonds is 3. The summed E-state index contributed by atoms with van der Waals surface area (Å²) in [6, 6.07) is 11.4. The van der Waals surface area contributed by atoms with E-state index in [4.69, 9.17) is 9.84 Å². The second-order valence-electron chi connectivity index (χ2n) is 5.37. The van der Waals surface area contributed by atoms with Crippen LogP contribution in [0, 0.1) is 0 Å². The van der Waals surface area contributed by atoms with Crippen LogP contribution >= 0.6 is 0 Å². The van der Waals surface area contributed by atoms with Gasteiger partial charge in [0.1, 0.15) is 5.75 Å². The summed E-state index contributed by atoms with van der Waals surface area (Å²) in [6.07, 6.45) is 0. The van der Waals surface area contributed by atoms with Crippen molar-refractivity contribution in [3.8, 4) is 5.75 Å². The third-order valence-electron chi connectivity index (χ3n) is 2.94. The van der Waals surface area contributed by atoms with Crippen LogP contribution < -0.4 is 4.74 Å². The number of fused-ring (bicyclic) bond motifs is 1. The Kier molecular flexibility index (Phi) is 6.18. The Morgan fingerprint density at radius 1 is 1.10 bits per heavy atom. The molecule has 0 fully saturated rings. The molecule has 0 radical (unpaired) electrons. The molecule has 0 bridgehead atoms. The largest absolute Gasteiger partial charge is 0.497 e. The van der Waals surface area contributed by atoms with Crippen LogP contribution in [-0.4, -0.2) is 44.2 Å². The molecular formula is C17H23NO3. The minimum atomic E-state index is -0.808. The first-order chi connectivity index (χ1) is 9.85. The highest BCUT2D eigenvalue weighted by Gasteiger charge is 2.13. The molecule has 0 aliphatic heterocycles. The van der Waals surface area contributed by atoms with Crippen molar-refractivity contribution in [1.29, 1.82) is 0 Å². The number of carboxylic acids is 1. The molecule has 0 amide bonds. The van der Waals surface area contributed by atoms with Crippen molar-refractivity contribution in [3.05, 3.63) is 42.0 Å². The normalized spacial score (nSPS) is 11.7. The molecule has 0 heterocycles. The average Bonchev–Trinajstić information content (AvgIpc) is 2.44. The highest BCUT2D eigenvalue weighted by molar-refractivity contribution is 5.86. The van der Waals surface area contributed by atoms with Gasteiger partial charge in [-0.1, -0.05) is 24.3 Å². The Morgan fingerprint density at radius 2 is 1.62 bits per heavy atom. The van der Waals surface area contributed by atoms with E-state index in [2.05, 4.69) is 0 Å². The first kappa shape index (κ1) is 17.0. The SMILES string of the molecule is CN(C)C.COc1ccc2cc(C(C)C(=O)O)ccc2c1. The van der Waals surface area contributed by atoms with Crippen LogP contribution in [0.3, 0.4) is 0 Å². The van der Waals surface area contributed by atoms with Crippen molar-refractivity contribution in [3.63, 3.8) is 0 Å². The zero-order chi connectivity index (χ0) is 16.0. The zero-order valence-corrected chi connectivity index (χ0v) is 13.3. The Balaban J connectivity index is 0.000000491. The van der Waals surface area contributed by atoms with E-state index in [1.807, 2.05) is 62.4 Å². The van der Waals surface area contributed by atoms with E-state index in [1.165, 1.54) is 0 Å². The van der Waals surface area contributed by atoms with Gasteiger partial charge in [0.2, 0.25) is 0 Å². The number of hydrogen-bond acceptors (Lipinski definition) is 3. The maximum absolute atomic E-state index is 10.9. The minimum absolute atomic E-state index is 0.485. The van der Waals surface area contributed by atoms with Gasteiger partial charge in [-0.2, -0.15) is 0 Å². The van der Waals surface area contributed by atoms with Crippen LogP contribution in [-0.2, 0) is 4.79 Å². The van der Waals surface area contributed by atoms with Gasteiger partial charge in [-0.05, 0) is 56.5 Å². The van der Waals surface area contributed by atoms with Crippen molar-refractivity contribution in [2.24, 2.45) is 0 Å². The molecule has 0 aromatic heterocycles. The van der Waals surface area contributed by atoms with Gasteiger partial charge in [0.05, 0.1) is 13.0 Å². The minimum Gasteiger partial charge on any atom is -0.497 e. The molecule has 0 aliphatic rings. The molecule has 114 valence electrons. The smallest absolute Gasteiger partial charge is 0.310 e. The molecule has 21 heavy (non-hydrogen) atoms. The Morgan fingerprint density at radius 3 is 2.14 bits per heavy atom. The molecule has 0 saturated carbocycles. The molecule has 2 aromatic carbocycles. The van der Waals surface area contributed by atoms with Crippen molar-refractivity contribution in [1.82, 2.24) is 4.90 Å². The summed E-state index contributed by atoms with van der Waals surface area (Å²) in [4.78, 5) is 12.9. The highest BCUT2D eigenvalue weighted by atomic mass is 16.5. The Hall–Kier alpha value is -2.07. The van der Waals surface area contributed by atoms with Gasteiger partial charge in [0.15, 0.2) is 0 Å². The summed E-state index contributed by atoms with van der Waals surface area (Å²) >= 11 is 0. The van der Waals surface area contributed by atoms with Gasteiger partial charge in [-0.25, -0.2) is 0 Å². The number of benzene rings is 2. The molecule has 0 spiro atoms. The third kappa shape index (κ3) is 5.08. The molecule has 1 unspecified atom stereocenters. The molecule has 4 nitrogen and oxygen atoms in total. The third-order valence-corrected chi connectivity index (χ3v) is 2.94. The maximum Gasteiger partial charge on any atom is 0.310 e. The highest BCUT2D eigenvalue weighted by Crippen LogP contribution is 2.25. The monoisotopic (exact) mass is 289 g/mol. The number of aliphatic carboxylic acids is 1. The summed E-state index contributed by atoms with van der Waals surface area (Å²) in [5.41, 5.74) is 0.815. The summed E-state index contributed by atoms with van der Waals surface area (Å²) in [7, 11) is 7.63. The van der Waals surface area contributed by atoms with Gasteiger partial charge >= 0.3 is 5.97 Å². The van der Waals surface area contributed by atoms with Crippen molar-refractivity contribution >= 4 is 16.7 Å². The summed E-state index contributed by atoms with van der Waals surface area (Å²) in [6.45, 7) is 1.69. The van der Waals surface area contributed by atoms with Gasteiger partial charge < -0.3 is 14.7 Å². The number of carboxylic acid groups (broad SMARTS) is 1. The Labute approximate surface area is 126 Å². The van der Waals surface area contributed by atoms with E-state index in [-0.39, 0.29) is 0 Å². The van der Waals surface area contributed by atoms with Crippen LogP contribution in [0.15, 0.2) is 36.4 Å². The Bertz CT molecular complexity index is 605. The molecule has 2 rings (SSSR count). The lowest BCUT2D eigenvalue weighted by atomic mass is 9.98. The van der Waals surface area contributed by atoms with Crippen LogP contribution in [0.1, 0.15) is 18.4 Å². The predicted molar refractivity (Wildman–Crippen MR) is 86.2 cm³/mol. The fourth-order valence-electron chi connectivity index (χ4n) is 1.78. The fraction of sp³-hybridized carbons (Fsp3) is 0.353. The van der Waals surface area contributed by atoms with Crippen molar-refractivity contribution in [2.75, 3.05) is 28.3 Å². The molecule has 0 aliphatic carbocycles. The van der Waals surface area contributed by atoms with Crippen molar-refractivity contribution in [2.45, 2.75) is 12.8 Å².